The average Bonchev–Trinajstić information content (AvgIpc) is 2.49. The van der Waals surface area contributed by atoms with Crippen molar-refractivity contribution in [3.63, 3.8) is 0 Å². The van der Waals surface area contributed by atoms with Crippen molar-refractivity contribution in [2.24, 2.45) is 0 Å². The number of nitrogens with zero attached hydrogens (tertiary/aromatic N) is 1. The second-order valence-electron chi connectivity index (χ2n) is 3.26. The first-order valence-electron chi connectivity index (χ1n) is 4.30. The molecule has 80 valence electrons. The lowest BCUT2D eigenvalue weighted by Crippen LogP contribution is -2.42. The molecule has 0 aromatic heterocycles. The first-order chi connectivity index (χ1) is 6.52. The van der Waals surface area contributed by atoms with E-state index in [-0.39, 0.29) is 6.10 Å². The van der Waals surface area contributed by atoms with E-state index in [0.29, 0.717) is 11.6 Å². The number of rotatable bonds is 2. The van der Waals surface area contributed by atoms with Crippen molar-refractivity contribution in [2.45, 2.75) is 26.0 Å². The SMILES string of the molecule is CC(C)OC(=O)N1CSC[C@H]1C(=O)O. The molecule has 0 aliphatic carbocycles. The summed E-state index contributed by atoms with van der Waals surface area (Å²) in [4.78, 5) is 23.4. The topological polar surface area (TPSA) is 66.8 Å². The number of carboxylic acid groups (broad SMARTS) is 1. The molecule has 1 fully saturated rings. The van der Waals surface area contributed by atoms with Crippen LogP contribution in [-0.2, 0) is 9.53 Å². The summed E-state index contributed by atoms with van der Waals surface area (Å²) in [6.07, 6.45) is -0.764. The molecular weight excluding hydrogens is 206 g/mol. The molecule has 1 heterocycles. The summed E-state index contributed by atoms with van der Waals surface area (Å²) in [7, 11) is 0. The molecule has 1 N–H and O–H groups in total. The monoisotopic (exact) mass is 219 g/mol. The first kappa shape index (κ1) is 11.2. The molecule has 0 radical (unpaired) electrons. The summed E-state index contributed by atoms with van der Waals surface area (Å²) >= 11 is 1.42. The van der Waals surface area contributed by atoms with E-state index < -0.39 is 18.1 Å². The Kier molecular flexibility index (Phi) is 3.62. The summed E-state index contributed by atoms with van der Waals surface area (Å²) in [5.41, 5.74) is 0. The van der Waals surface area contributed by atoms with Crippen molar-refractivity contribution < 1.29 is 19.4 Å². The highest BCUT2D eigenvalue weighted by Gasteiger charge is 2.35. The number of ether oxygens (including phenoxy) is 1. The molecule has 0 spiro atoms. The Labute approximate surface area is 86.4 Å². The summed E-state index contributed by atoms with van der Waals surface area (Å²) < 4.78 is 4.92. The summed E-state index contributed by atoms with van der Waals surface area (Å²) in [6.45, 7) is 3.47. The van der Waals surface area contributed by atoms with Crippen molar-refractivity contribution in [2.75, 3.05) is 11.6 Å². The lowest BCUT2D eigenvalue weighted by Gasteiger charge is -2.21. The maximum atomic E-state index is 11.4. The van der Waals surface area contributed by atoms with Gasteiger partial charge in [0.15, 0.2) is 0 Å². The second kappa shape index (κ2) is 4.54. The van der Waals surface area contributed by atoms with Crippen LogP contribution >= 0.6 is 11.8 Å². The molecule has 1 aliphatic rings. The molecule has 1 saturated heterocycles. The second-order valence-corrected chi connectivity index (χ2v) is 4.26. The van der Waals surface area contributed by atoms with Crippen LogP contribution < -0.4 is 0 Å². The number of carboxylic acids is 1. The van der Waals surface area contributed by atoms with Crippen LogP contribution in [0.1, 0.15) is 13.8 Å². The van der Waals surface area contributed by atoms with Gasteiger partial charge in [0.2, 0.25) is 0 Å². The van der Waals surface area contributed by atoms with E-state index in [0.717, 1.165) is 0 Å². The largest absolute Gasteiger partial charge is 0.480 e. The van der Waals surface area contributed by atoms with Crippen LogP contribution in [-0.4, -0.2) is 45.8 Å². The van der Waals surface area contributed by atoms with E-state index in [4.69, 9.17) is 9.84 Å². The Bertz CT molecular complexity index is 243. The number of carbonyl (C=O) groups excluding carboxylic acids is 1. The van der Waals surface area contributed by atoms with E-state index in [1.165, 1.54) is 16.7 Å². The van der Waals surface area contributed by atoms with Gasteiger partial charge < -0.3 is 9.84 Å². The van der Waals surface area contributed by atoms with Crippen LogP contribution in [0, 0.1) is 0 Å². The molecule has 0 aromatic rings. The van der Waals surface area contributed by atoms with Crippen LogP contribution in [0.4, 0.5) is 4.79 Å². The normalized spacial score (nSPS) is 21.4. The molecule has 1 amide bonds. The van der Waals surface area contributed by atoms with Crippen LogP contribution in [0.3, 0.4) is 0 Å². The van der Waals surface area contributed by atoms with Gasteiger partial charge in [-0.05, 0) is 13.8 Å². The Morgan fingerprint density at radius 3 is 2.71 bits per heavy atom. The zero-order valence-electron chi connectivity index (χ0n) is 8.10. The molecule has 1 rings (SSSR count). The fourth-order valence-corrected chi connectivity index (χ4v) is 2.23. The first-order valence-corrected chi connectivity index (χ1v) is 5.45. The lowest BCUT2D eigenvalue weighted by molar-refractivity contribution is -0.141. The number of hydrogen-bond acceptors (Lipinski definition) is 4. The van der Waals surface area contributed by atoms with Gasteiger partial charge in [-0.3, -0.25) is 4.90 Å². The molecule has 1 aliphatic heterocycles. The Hall–Kier alpha value is -0.910. The van der Waals surface area contributed by atoms with E-state index in [1.807, 2.05) is 0 Å². The lowest BCUT2D eigenvalue weighted by atomic mass is 10.3. The highest BCUT2D eigenvalue weighted by Crippen LogP contribution is 2.22. The number of amides is 1. The molecule has 1 atom stereocenters. The minimum Gasteiger partial charge on any atom is -0.480 e. The van der Waals surface area contributed by atoms with E-state index >= 15 is 0 Å². The molecule has 0 unspecified atom stereocenters. The number of hydrogen-bond donors (Lipinski definition) is 1. The molecule has 5 nitrogen and oxygen atoms in total. The molecule has 0 saturated carbocycles. The van der Waals surface area contributed by atoms with Gasteiger partial charge in [0.05, 0.1) is 12.0 Å². The fourth-order valence-electron chi connectivity index (χ4n) is 1.10. The third-order valence-corrected chi connectivity index (χ3v) is 2.75. The minimum atomic E-state index is -0.976. The van der Waals surface area contributed by atoms with E-state index in [1.54, 1.807) is 13.8 Å². The predicted octanol–water partition coefficient (Wildman–Crippen LogP) is 0.991. The average molecular weight is 219 g/mol. The van der Waals surface area contributed by atoms with Crippen molar-refractivity contribution in [1.29, 1.82) is 0 Å². The highest BCUT2D eigenvalue weighted by atomic mass is 32.2. The van der Waals surface area contributed by atoms with Crippen LogP contribution in [0.25, 0.3) is 0 Å². The predicted molar refractivity (Wildman–Crippen MR) is 52.2 cm³/mol. The van der Waals surface area contributed by atoms with Crippen molar-refractivity contribution in [3.8, 4) is 0 Å². The van der Waals surface area contributed by atoms with Crippen molar-refractivity contribution in [1.82, 2.24) is 4.90 Å². The maximum Gasteiger partial charge on any atom is 0.411 e. The number of aliphatic carboxylic acids is 1. The third kappa shape index (κ3) is 2.54. The molecule has 6 heteroatoms. The zero-order valence-corrected chi connectivity index (χ0v) is 8.91. The van der Waals surface area contributed by atoms with Gasteiger partial charge in [0.25, 0.3) is 0 Å². The number of carbonyl (C=O) groups is 2. The van der Waals surface area contributed by atoms with Crippen LogP contribution in [0.2, 0.25) is 0 Å². The number of thioether (sulfide) groups is 1. The van der Waals surface area contributed by atoms with Gasteiger partial charge in [0.1, 0.15) is 6.04 Å². The van der Waals surface area contributed by atoms with Gasteiger partial charge in [-0.1, -0.05) is 0 Å². The van der Waals surface area contributed by atoms with Gasteiger partial charge in [-0.15, -0.1) is 11.8 Å². The molecule has 0 bridgehead atoms. The third-order valence-electron chi connectivity index (χ3n) is 1.74. The zero-order chi connectivity index (χ0) is 10.7. The molecular formula is C8H13NO4S. The summed E-state index contributed by atoms with van der Waals surface area (Å²) in [5, 5.41) is 8.80. The quantitative estimate of drug-likeness (QED) is 0.750. The van der Waals surface area contributed by atoms with Gasteiger partial charge in [0, 0.05) is 5.75 Å². The van der Waals surface area contributed by atoms with Crippen molar-refractivity contribution in [3.05, 3.63) is 0 Å². The van der Waals surface area contributed by atoms with Crippen LogP contribution in [0.15, 0.2) is 0 Å². The van der Waals surface area contributed by atoms with Crippen LogP contribution in [0.5, 0.6) is 0 Å². The van der Waals surface area contributed by atoms with Crippen molar-refractivity contribution >= 4 is 23.8 Å². The Morgan fingerprint density at radius 2 is 2.21 bits per heavy atom. The van der Waals surface area contributed by atoms with Gasteiger partial charge in [-0.25, -0.2) is 9.59 Å². The minimum absolute atomic E-state index is 0.220. The van der Waals surface area contributed by atoms with E-state index in [9.17, 15) is 9.59 Å². The molecule has 0 aromatic carbocycles. The molecule has 14 heavy (non-hydrogen) atoms. The Balaban J connectivity index is 2.58. The van der Waals surface area contributed by atoms with Gasteiger partial charge >= 0.3 is 12.1 Å². The Morgan fingerprint density at radius 1 is 1.57 bits per heavy atom. The van der Waals surface area contributed by atoms with Gasteiger partial charge in [-0.2, -0.15) is 0 Å². The fraction of sp³-hybridized carbons (Fsp3) is 0.750. The smallest absolute Gasteiger partial charge is 0.411 e. The maximum absolute atomic E-state index is 11.4. The standard InChI is InChI=1S/C8H13NO4S/c1-5(2)13-8(12)9-4-14-3-6(9)7(10)11/h5-6H,3-4H2,1-2H3,(H,10,11)/t6-/m0/s1. The summed E-state index contributed by atoms with van der Waals surface area (Å²) in [6, 6.07) is -0.744. The van der Waals surface area contributed by atoms with E-state index in [2.05, 4.69) is 0 Å². The highest BCUT2D eigenvalue weighted by molar-refractivity contribution is 7.99. The summed E-state index contributed by atoms with van der Waals surface area (Å²) in [5.74, 6) is -0.152.